The number of benzene rings is 2. The highest BCUT2D eigenvalue weighted by Crippen LogP contribution is 2.67. The minimum Gasteiger partial charge on any atom is -0.504 e. The molecule has 5 aliphatic heterocycles. The van der Waals surface area contributed by atoms with E-state index in [9.17, 15) is 15.0 Å². The van der Waals surface area contributed by atoms with E-state index in [4.69, 9.17) is 20.2 Å². The molecule has 10 nitrogen and oxygen atoms in total. The Labute approximate surface area is 442 Å². The molecule has 11 unspecified atom stereocenters. The van der Waals surface area contributed by atoms with E-state index in [1.54, 1.807) is 0 Å². The summed E-state index contributed by atoms with van der Waals surface area (Å²) in [5, 5.41) is 28.3. The normalized spacial score (nSPS) is 39.0. The van der Waals surface area contributed by atoms with Crippen LogP contribution in [0.3, 0.4) is 0 Å². The SMILES string of the molecule is CC(=O)OC1CCc2cc(c(O)c3c2C2C=CC4(CCCC4C2)O3)CN2CC3(CC2=O)C(c2ccccc2)CCC32C#CCC3CCC4(CCCC4(NC(N)=NC2)SSCC2(CCCCC(O)C1)CCCC2)C3. The zero-order valence-corrected chi connectivity index (χ0v) is 45.0. The number of aliphatic hydroxyl groups excluding tert-OH is 1. The van der Waals surface area contributed by atoms with E-state index in [0.29, 0.717) is 74.3 Å². The third kappa shape index (κ3) is 8.91. The summed E-state index contributed by atoms with van der Waals surface area (Å²) in [6.07, 6.45) is 27.9. The van der Waals surface area contributed by atoms with E-state index >= 15 is 4.79 Å². The molecule has 11 atom stereocenters. The topological polar surface area (TPSA) is 147 Å². The number of guanidine groups is 1. The van der Waals surface area contributed by atoms with E-state index in [2.05, 4.69) is 87.3 Å². The van der Waals surface area contributed by atoms with Crippen molar-refractivity contribution >= 4 is 39.4 Å². The molecule has 5 N–H and O–H groups in total. The molecule has 2 aromatic carbocycles. The Hall–Kier alpha value is -3.79. The van der Waals surface area contributed by atoms with Gasteiger partial charge in [0.05, 0.1) is 18.1 Å². The molecule has 5 heterocycles. The molecule has 5 saturated carbocycles. The first-order valence-corrected chi connectivity index (χ1v) is 31.0. The standard InChI is InChI=1S/C61H80N4O6S2/c1-41(66)70-49-18-17-44-32-46(53(69)54-52(44)45-20-31-60(71-54)27-10-15-47(60)33-45)37-65-39-59(36-51(65)68)50(43-13-3-2-4-14-43)21-30-58(59)25-9-12-42-19-29-57(35-42)26-11-28-61(57,64-55(62)63-38-58)73-72-40-56(23-7-8-24-56)22-6-5-16-48(67)34-49/h2-4,13-14,20,31-32,42,45,47-50,67,69H,5-8,10-12,15-19,21-24,26-30,33-40H2,1H3,(H3,62,63,64). The number of esters is 1. The van der Waals surface area contributed by atoms with Crippen molar-refractivity contribution in [3.63, 3.8) is 0 Å². The van der Waals surface area contributed by atoms with E-state index in [1.807, 2.05) is 4.90 Å². The summed E-state index contributed by atoms with van der Waals surface area (Å²) in [5.74, 6) is 11.0. The number of aromatic hydroxyl groups is 1. The molecule has 1 amide bonds. The summed E-state index contributed by atoms with van der Waals surface area (Å²) in [7, 11) is 4.15. The molecule has 6 aliphatic carbocycles. The zero-order chi connectivity index (χ0) is 50.1. The average molecular weight is 1030 g/mol. The van der Waals surface area contributed by atoms with E-state index in [0.717, 1.165) is 87.5 Å². The van der Waals surface area contributed by atoms with Gasteiger partial charge in [-0.05, 0) is 156 Å². The Morgan fingerprint density at radius 1 is 0.945 bits per heavy atom. The van der Waals surface area contributed by atoms with Gasteiger partial charge < -0.3 is 35.6 Å². The van der Waals surface area contributed by atoms with Crippen LogP contribution >= 0.6 is 21.6 Å². The number of aliphatic imine (C=N–C) groups is 1. The molecule has 1 saturated heterocycles. The monoisotopic (exact) mass is 1030 g/mol. The van der Waals surface area contributed by atoms with Gasteiger partial charge >= 0.3 is 5.97 Å². The Morgan fingerprint density at radius 2 is 1.78 bits per heavy atom. The van der Waals surface area contributed by atoms with Gasteiger partial charge in [0, 0.05) is 78.8 Å². The molecule has 6 spiro atoms. The number of nitrogens with two attached hydrogens (primary N) is 1. The van der Waals surface area contributed by atoms with Crippen LogP contribution < -0.4 is 15.8 Å². The number of aliphatic hydroxyl groups is 1. The zero-order valence-electron chi connectivity index (χ0n) is 43.4. The maximum atomic E-state index is 15.2. The summed E-state index contributed by atoms with van der Waals surface area (Å²) in [6.45, 7) is 2.62. The number of rotatable bonds is 2. The van der Waals surface area contributed by atoms with Crippen LogP contribution in [-0.4, -0.2) is 74.5 Å². The quantitative estimate of drug-likeness (QED) is 0.0992. The van der Waals surface area contributed by atoms with Crippen LogP contribution in [0, 0.1) is 45.3 Å². The minimum atomic E-state index is -0.606. The number of ether oxygens (including phenoxy) is 2. The van der Waals surface area contributed by atoms with Crippen LogP contribution in [0.1, 0.15) is 195 Å². The Morgan fingerprint density at radius 3 is 2.62 bits per heavy atom. The molecule has 0 radical (unpaired) electrons. The van der Waals surface area contributed by atoms with Gasteiger partial charge in [-0.2, -0.15) is 0 Å². The first-order chi connectivity index (χ1) is 35.4. The van der Waals surface area contributed by atoms with Crippen LogP contribution in [0.25, 0.3) is 0 Å². The maximum Gasteiger partial charge on any atom is 0.302 e. The largest absolute Gasteiger partial charge is 0.504 e. The van der Waals surface area contributed by atoms with Gasteiger partial charge in [-0.3, -0.25) is 14.6 Å². The van der Waals surface area contributed by atoms with Gasteiger partial charge in [0.15, 0.2) is 17.5 Å². The molecule has 392 valence electrons. The van der Waals surface area contributed by atoms with Crippen molar-refractivity contribution in [3.8, 4) is 23.3 Å². The molecule has 0 aromatic heterocycles. The molecule has 11 aliphatic rings. The summed E-state index contributed by atoms with van der Waals surface area (Å²) >= 11 is 0. The van der Waals surface area contributed by atoms with Crippen molar-refractivity contribution in [2.75, 3.05) is 18.8 Å². The van der Waals surface area contributed by atoms with Gasteiger partial charge in [0.25, 0.3) is 0 Å². The smallest absolute Gasteiger partial charge is 0.302 e. The van der Waals surface area contributed by atoms with Gasteiger partial charge in [0.2, 0.25) is 5.91 Å². The number of fused-ring (bicyclic) bond motifs is 6. The number of nitrogens with one attached hydrogen (secondary N) is 1. The predicted octanol–water partition coefficient (Wildman–Crippen LogP) is 11.8. The van der Waals surface area contributed by atoms with Gasteiger partial charge in [-0.25, -0.2) is 0 Å². The third-order valence-electron chi connectivity index (χ3n) is 21.1. The minimum absolute atomic E-state index is 0.0680. The van der Waals surface area contributed by atoms with Crippen molar-refractivity contribution in [1.29, 1.82) is 0 Å². The molecule has 2 aromatic rings. The highest BCUT2D eigenvalue weighted by molar-refractivity contribution is 8.77. The number of carbonyl (C=O) groups is 2. The second kappa shape index (κ2) is 19.7. The number of phenols is 1. The highest BCUT2D eigenvalue weighted by Gasteiger charge is 2.65. The summed E-state index contributed by atoms with van der Waals surface area (Å²) in [4.78, 5) is 35.1. The second-order valence-corrected chi connectivity index (χ2v) is 27.8. The first-order valence-electron chi connectivity index (χ1n) is 28.7. The van der Waals surface area contributed by atoms with Crippen LogP contribution in [0.5, 0.6) is 11.5 Å². The molecular weight excluding hydrogens is 949 g/mol. The van der Waals surface area contributed by atoms with Crippen LogP contribution in [0.15, 0.2) is 53.5 Å². The third-order valence-corrected chi connectivity index (χ3v) is 24.5. The summed E-state index contributed by atoms with van der Waals surface area (Å²) < 4.78 is 13.2. The van der Waals surface area contributed by atoms with E-state index in [-0.39, 0.29) is 51.7 Å². The van der Waals surface area contributed by atoms with Crippen LogP contribution in [-0.2, 0) is 27.3 Å². The predicted molar refractivity (Wildman–Crippen MR) is 291 cm³/mol. The number of allylic oxidation sites excluding steroid dienone is 1. The Balaban J connectivity index is 0.955. The van der Waals surface area contributed by atoms with Crippen molar-refractivity contribution in [2.45, 2.75) is 209 Å². The second-order valence-electron chi connectivity index (χ2n) is 25.2. The molecule has 73 heavy (non-hydrogen) atoms. The highest BCUT2D eigenvalue weighted by atomic mass is 33.1. The van der Waals surface area contributed by atoms with Crippen molar-refractivity contribution in [2.24, 2.45) is 44.2 Å². The number of amides is 1. The van der Waals surface area contributed by atoms with Gasteiger partial charge in [0.1, 0.15) is 16.6 Å². The lowest BCUT2D eigenvalue weighted by Crippen LogP contribution is -2.56. The Bertz CT molecular complexity index is 2570. The fraction of sp³-hybridized carbons (Fsp3) is 0.689. The van der Waals surface area contributed by atoms with E-state index < -0.39 is 28.6 Å². The van der Waals surface area contributed by atoms with Gasteiger partial charge in [-0.1, -0.05) is 89.6 Å². The average Bonchev–Trinajstić information content (AvgIpc) is 4.23. The lowest BCUT2D eigenvalue weighted by Gasteiger charge is -2.45. The number of carbonyl (C=O) groups excluding carboxylic acids is 2. The molecule has 6 fully saturated rings. The van der Waals surface area contributed by atoms with Gasteiger partial charge in [-0.15, -0.1) is 5.92 Å². The molecular formula is C61H80N4O6S2. The number of hydrogen-bond acceptors (Lipinski definition) is 11. The van der Waals surface area contributed by atoms with Crippen molar-refractivity contribution in [1.82, 2.24) is 10.2 Å². The van der Waals surface area contributed by atoms with Crippen molar-refractivity contribution < 1.29 is 29.3 Å². The Kier molecular flexibility index (Phi) is 13.5. The van der Waals surface area contributed by atoms with Crippen LogP contribution in [0.4, 0.5) is 0 Å². The maximum absolute atomic E-state index is 15.2. The number of aryl methyl sites for hydroxylation is 1. The van der Waals surface area contributed by atoms with Crippen LogP contribution in [0.2, 0.25) is 0 Å². The number of phenolic OH excluding ortho intramolecular Hbond substituents is 1. The van der Waals surface area contributed by atoms with E-state index in [1.165, 1.54) is 70.3 Å². The fourth-order valence-electron chi connectivity index (χ4n) is 17.4. The van der Waals surface area contributed by atoms with Crippen molar-refractivity contribution in [3.05, 3.63) is 70.8 Å². The summed E-state index contributed by atoms with van der Waals surface area (Å²) in [6, 6.07) is 12.9. The fourth-order valence-corrected chi connectivity index (χ4v) is 21.6. The molecule has 13 rings (SSSR count). The summed E-state index contributed by atoms with van der Waals surface area (Å²) in [5.41, 5.74) is 10.1. The lowest BCUT2D eigenvalue weighted by atomic mass is 9.60. The lowest BCUT2D eigenvalue weighted by molar-refractivity contribution is -0.148. The number of hydrogen-bond donors (Lipinski definition) is 4. The first kappa shape index (κ1) is 50.1. The molecule has 10 bridgehead atoms. The molecule has 12 heteroatoms. The number of nitrogens with zero attached hydrogens (tertiary/aromatic N) is 2.